The Morgan fingerprint density at radius 3 is 1.97 bits per heavy atom. The monoisotopic (exact) mass is 427 g/mol. The average molecular weight is 427 g/mol. The maximum absolute atomic E-state index is 11.3. The topological polar surface area (TPSA) is 176 Å². The van der Waals surface area contributed by atoms with Crippen LogP contribution in [0.1, 0.15) is 23.3 Å². The van der Waals surface area contributed by atoms with Crippen molar-refractivity contribution in [2.45, 2.75) is 18.2 Å². The second-order valence-electron chi connectivity index (χ2n) is 6.14. The first-order valence-electron chi connectivity index (χ1n) is 8.42. The number of aromatic hydroxyl groups is 2. The van der Waals surface area contributed by atoms with E-state index >= 15 is 0 Å². The summed E-state index contributed by atoms with van der Waals surface area (Å²) in [7, 11) is 0. The summed E-state index contributed by atoms with van der Waals surface area (Å²) in [6.07, 6.45) is -2.14. The van der Waals surface area contributed by atoms with Crippen LogP contribution >= 0.6 is 0 Å². The van der Waals surface area contributed by atoms with Crippen molar-refractivity contribution in [3.8, 4) is 22.6 Å². The number of carbonyl (C=O) groups excluding carboxylic acids is 2. The molecule has 2 aromatic rings. The van der Waals surface area contributed by atoms with Crippen molar-refractivity contribution >= 4 is 48.3 Å². The first kappa shape index (κ1) is 25.4. The fourth-order valence-corrected chi connectivity index (χ4v) is 2.77. The Bertz CT molecular complexity index is 908. The third kappa shape index (κ3) is 5.94. The van der Waals surface area contributed by atoms with E-state index in [1.165, 1.54) is 36.4 Å². The Labute approximate surface area is 193 Å². The number of phenolic OH excluding ortho intramolecular Hbond substituents is 2. The molecule has 2 rings (SSSR count). The van der Waals surface area contributed by atoms with E-state index in [9.17, 15) is 34.8 Å². The van der Waals surface area contributed by atoms with Gasteiger partial charge in [-0.05, 0) is 35.4 Å². The van der Waals surface area contributed by atoms with E-state index in [4.69, 9.17) is 5.11 Å². The Kier molecular flexibility index (Phi) is 9.76. The van der Waals surface area contributed by atoms with E-state index < -0.39 is 24.2 Å². The molecular weight excluding hydrogens is 407 g/mol. The van der Waals surface area contributed by atoms with Gasteiger partial charge in [0.25, 0.3) is 0 Å². The van der Waals surface area contributed by atoms with Gasteiger partial charge in [-0.2, -0.15) is 0 Å². The molecule has 0 saturated carbocycles. The molecule has 155 valence electrons. The summed E-state index contributed by atoms with van der Waals surface area (Å²) in [5.41, 5.74) is 0.567. The molecule has 30 heavy (non-hydrogen) atoms. The van der Waals surface area contributed by atoms with Crippen molar-refractivity contribution in [3.05, 3.63) is 47.5 Å². The van der Waals surface area contributed by atoms with Gasteiger partial charge in [0.1, 0.15) is 17.6 Å². The predicted octanol–water partition coefficient (Wildman–Crippen LogP) is -0.604. The summed E-state index contributed by atoms with van der Waals surface area (Å²) in [4.78, 5) is 32.3. The Morgan fingerprint density at radius 1 is 0.933 bits per heavy atom. The zero-order chi connectivity index (χ0) is 21.6. The third-order valence-corrected chi connectivity index (χ3v) is 4.28. The van der Waals surface area contributed by atoms with Gasteiger partial charge in [-0.15, -0.1) is 0 Å². The molecule has 0 aliphatic rings. The average Bonchev–Trinajstić information content (AvgIpc) is 2.70. The number of hydrogen-bond acceptors (Lipinski definition) is 7. The zero-order valence-corrected chi connectivity index (χ0v) is 18.0. The largest absolute Gasteiger partial charge is 0.507 e. The molecule has 0 aliphatic carbocycles. The maximum Gasteiger partial charge on any atom is 0.329 e. The van der Waals surface area contributed by atoms with Crippen LogP contribution in [0.3, 0.4) is 0 Å². The van der Waals surface area contributed by atoms with Crippen molar-refractivity contribution in [2.75, 3.05) is 6.54 Å². The first-order chi connectivity index (χ1) is 13.8. The molecule has 1 radical (unpaired) electrons. The molecule has 0 bridgehead atoms. The smallest absolute Gasteiger partial charge is 0.329 e. The molecule has 0 saturated heterocycles. The summed E-state index contributed by atoms with van der Waals surface area (Å²) >= 11 is 0. The number of hydrogen-bond donors (Lipinski definition) is 7. The van der Waals surface area contributed by atoms with Gasteiger partial charge in [-0.25, -0.2) is 4.79 Å². The van der Waals surface area contributed by atoms with Crippen LogP contribution in [0.2, 0.25) is 0 Å². The summed E-state index contributed by atoms with van der Waals surface area (Å²) in [5.74, 6) is -1.98. The third-order valence-electron chi connectivity index (χ3n) is 4.28. The molecule has 2 amide bonds. The SMILES string of the molecule is O=CNCC(O)c1ccc(O)c(-c2cc(C(O)C(NC=O)C(=O)O)ccc2O)c1.[Na]. The van der Waals surface area contributed by atoms with E-state index in [1.807, 2.05) is 5.32 Å². The number of carboxylic acids is 1. The number of amides is 2. The normalized spacial score (nSPS) is 13.3. The number of benzene rings is 2. The standard InChI is InChI=1S/C19H20N2O8.Na/c22-8-20-7-16(26)10-1-3-14(24)12(5-10)13-6-11(2-4-15(13)25)18(27)17(19(28)29)21-9-23;/h1-6,8-9,16-18,24-27H,7H2,(H,20,22)(H,21,23)(H,28,29);. The summed E-state index contributed by atoms with van der Waals surface area (Å²) in [5, 5.41) is 54.3. The second-order valence-corrected chi connectivity index (χ2v) is 6.14. The van der Waals surface area contributed by atoms with Crippen LogP contribution in [0, 0.1) is 0 Å². The van der Waals surface area contributed by atoms with E-state index in [2.05, 4.69) is 5.32 Å². The Balaban J connectivity index is 0.00000450. The minimum atomic E-state index is -1.63. The van der Waals surface area contributed by atoms with Gasteiger partial charge in [-0.3, -0.25) is 9.59 Å². The minimum absolute atomic E-state index is 0. The Morgan fingerprint density at radius 2 is 1.47 bits per heavy atom. The van der Waals surface area contributed by atoms with Crippen molar-refractivity contribution in [2.24, 2.45) is 0 Å². The maximum atomic E-state index is 11.3. The number of carboxylic acid groups (broad SMARTS) is 1. The van der Waals surface area contributed by atoms with Crippen LogP contribution in [0.25, 0.3) is 11.1 Å². The van der Waals surface area contributed by atoms with Crippen molar-refractivity contribution in [1.29, 1.82) is 0 Å². The molecule has 11 heteroatoms. The molecule has 0 aliphatic heterocycles. The van der Waals surface area contributed by atoms with Crippen LogP contribution in [0.5, 0.6) is 11.5 Å². The summed E-state index contributed by atoms with van der Waals surface area (Å²) < 4.78 is 0. The second kappa shape index (κ2) is 11.5. The molecule has 0 spiro atoms. The van der Waals surface area contributed by atoms with E-state index in [0.29, 0.717) is 12.0 Å². The van der Waals surface area contributed by atoms with Gasteiger partial charge < -0.3 is 36.2 Å². The van der Waals surface area contributed by atoms with Crippen LogP contribution in [-0.2, 0) is 14.4 Å². The van der Waals surface area contributed by atoms with Gasteiger partial charge in [0, 0.05) is 47.2 Å². The van der Waals surface area contributed by atoms with E-state index in [-0.39, 0.29) is 70.7 Å². The van der Waals surface area contributed by atoms with E-state index in [1.54, 1.807) is 0 Å². The molecule has 0 aromatic heterocycles. The molecule has 0 fully saturated rings. The zero-order valence-electron chi connectivity index (χ0n) is 16.0. The van der Waals surface area contributed by atoms with Crippen LogP contribution in [-0.4, -0.2) is 86.5 Å². The van der Waals surface area contributed by atoms with E-state index in [0.717, 1.165) is 0 Å². The van der Waals surface area contributed by atoms with Crippen LogP contribution in [0.15, 0.2) is 36.4 Å². The van der Waals surface area contributed by atoms with Gasteiger partial charge in [0.2, 0.25) is 12.8 Å². The van der Waals surface area contributed by atoms with Gasteiger partial charge in [0.05, 0.1) is 6.10 Å². The molecule has 10 nitrogen and oxygen atoms in total. The predicted molar refractivity (Wildman–Crippen MR) is 106 cm³/mol. The summed E-state index contributed by atoms with van der Waals surface area (Å²) in [6, 6.07) is 6.21. The molecule has 3 atom stereocenters. The molecular formula is C19H20N2NaO8. The van der Waals surface area contributed by atoms with Crippen LogP contribution in [0.4, 0.5) is 0 Å². The van der Waals surface area contributed by atoms with Gasteiger partial charge in [-0.1, -0.05) is 12.1 Å². The quantitative estimate of drug-likeness (QED) is 0.194. The number of aliphatic carboxylic acids is 1. The summed E-state index contributed by atoms with van der Waals surface area (Å²) in [6.45, 7) is -0.0733. The molecule has 3 unspecified atom stereocenters. The molecule has 2 aromatic carbocycles. The fraction of sp³-hybridized carbons (Fsp3) is 0.211. The number of aliphatic hydroxyl groups excluding tert-OH is 2. The number of aliphatic hydroxyl groups is 2. The molecule has 0 heterocycles. The first-order valence-corrected chi connectivity index (χ1v) is 8.42. The van der Waals surface area contributed by atoms with Crippen molar-refractivity contribution in [3.63, 3.8) is 0 Å². The molecule has 7 N–H and O–H groups in total. The number of carbonyl (C=O) groups is 3. The van der Waals surface area contributed by atoms with Crippen LogP contribution < -0.4 is 10.6 Å². The number of phenols is 2. The van der Waals surface area contributed by atoms with Crippen molar-refractivity contribution in [1.82, 2.24) is 10.6 Å². The van der Waals surface area contributed by atoms with Crippen molar-refractivity contribution < 1.29 is 39.9 Å². The minimum Gasteiger partial charge on any atom is -0.507 e. The van der Waals surface area contributed by atoms with Gasteiger partial charge >= 0.3 is 5.97 Å². The number of rotatable bonds is 10. The van der Waals surface area contributed by atoms with Gasteiger partial charge in [0.15, 0.2) is 6.04 Å². The fourth-order valence-electron chi connectivity index (χ4n) is 2.77. The Hall–Kier alpha value is -2.63. The number of nitrogens with one attached hydrogen (secondary N) is 2.